The Balaban J connectivity index is 1.33. The third-order valence-electron chi connectivity index (χ3n) is 10.5. The summed E-state index contributed by atoms with van der Waals surface area (Å²) < 4.78 is 72.2. The average Bonchev–Trinajstić information content (AvgIpc) is 3.26. The lowest BCUT2D eigenvalue weighted by molar-refractivity contribution is -0.00706. The minimum Gasteiger partial charge on any atom is -0.491 e. The molecule has 0 amide bonds. The van der Waals surface area contributed by atoms with Crippen molar-refractivity contribution in [2.45, 2.75) is 25.7 Å². The van der Waals surface area contributed by atoms with Gasteiger partial charge in [0.05, 0.1) is 111 Å². The number of benzene rings is 4. The summed E-state index contributed by atoms with van der Waals surface area (Å²) in [5.74, 6) is 1.72. The molecule has 2 heterocycles. The molecule has 14 heteroatoms. The zero-order valence-corrected chi connectivity index (χ0v) is 36.1. The van der Waals surface area contributed by atoms with Crippen LogP contribution in [0.15, 0.2) is 66.7 Å². The van der Waals surface area contributed by atoms with Gasteiger partial charge in [0.15, 0.2) is 0 Å². The zero-order chi connectivity index (χ0) is 43.3. The molecule has 0 aromatic heterocycles. The van der Waals surface area contributed by atoms with E-state index in [0.29, 0.717) is 168 Å². The fourth-order valence-corrected chi connectivity index (χ4v) is 7.71. The van der Waals surface area contributed by atoms with Crippen LogP contribution in [-0.4, -0.2) is 143 Å². The van der Waals surface area contributed by atoms with Crippen molar-refractivity contribution in [1.29, 1.82) is 0 Å². The second kappa shape index (κ2) is 25.5. The SMILES string of the molecule is O=C(O)c1cc2c3c(c1)Cc1cc4cc(c1)OCCOCCOCCOCCOCCOc1cc(cc(c1)C2)Cc1cccc(c1OCCOCCOCCOCCOCCO3)C4. The van der Waals surface area contributed by atoms with E-state index in [9.17, 15) is 9.90 Å². The van der Waals surface area contributed by atoms with Crippen molar-refractivity contribution in [3.8, 4) is 23.0 Å². The standard InChI is InChI=1S/C49H60O14/c50-49(51)44-34-42-28-38-24-36-26-40-2-1-3-41-27-37-25-39(29-43(35-44)48(42)63-23-19-59-15-11-55-7-6-54-10-14-58-18-22-62-47(40)41)33-46(31-37)61-21-17-57-13-9-53-5-4-52-8-12-56-16-20-60-45(30-36)32-38/h1-3,24-25,30-35H,4-23,26-29H2,(H,50,51). The summed E-state index contributed by atoms with van der Waals surface area (Å²) in [4.78, 5) is 12.8. The summed E-state index contributed by atoms with van der Waals surface area (Å²) in [7, 11) is 0. The highest BCUT2D eigenvalue weighted by Gasteiger charge is 2.21. The fraction of sp³-hybridized carbons (Fsp3) is 0.490. The van der Waals surface area contributed by atoms with Crippen LogP contribution in [0, 0.1) is 0 Å². The van der Waals surface area contributed by atoms with Crippen LogP contribution in [0.4, 0.5) is 0 Å². The van der Waals surface area contributed by atoms with E-state index >= 15 is 0 Å². The van der Waals surface area contributed by atoms with Gasteiger partial charge in [-0.2, -0.15) is 0 Å². The first-order valence-electron chi connectivity index (χ1n) is 22.0. The second-order valence-corrected chi connectivity index (χ2v) is 15.3. The molecule has 7 rings (SSSR count). The number of rotatable bonds is 1. The van der Waals surface area contributed by atoms with Crippen molar-refractivity contribution in [2.75, 3.05) is 132 Å². The Morgan fingerprint density at radius 1 is 0.349 bits per heavy atom. The van der Waals surface area contributed by atoms with E-state index in [1.54, 1.807) is 12.1 Å². The topological polar surface area (TPSA) is 148 Å². The summed E-state index contributed by atoms with van der Waals surface area (Å²) in [5.41, 5.74) is 7.49. The van der Waals surface area contributed by atoms with Crippen molar-refractivity contribution < 1.29 is 66.7 Å². The molecule has 12 bridgehead atoms. The van der Waals surface area contributed by atoms with Gasteiger partial charge < -0.3 is 61.9 Å². The number of carboxylic acid groups (broad SMARTS) is 1. The minimum atomic E-state index is -1.03. The molecule has 0 saturated carbocycles. The highest BCUT2D eigenvalue weighted by Crippen LogP contribution is 2.36. The van der Waals surface area contributed by atoms with Crippen LogP contribution in [0.2, 0.25) is 0 Å². The molecule has 1 aliphatic carbocycles. The van der Waals surface area contributed by atoms with Crippen LogP contribution >= 0.6 is 0 Å². The van der Waals surface area contributed by atoms with Crippen molar-refractivity contribution in [3.05, 3.63) is 117 Å². The van der Waals surface area contributed by atoms with Gasteiger partial charge in [-0.05, 0) is 80.9 Å². The van der Waals surface area contributed by atoms with Crippen LogP contribution in [0.5, 0.6) is 23.0 Å². The van der Waals surface area contributed by atoms with Crippen LogP contribution in [-0.2, 0) is 63.6 Å². The predicted octanol–water partition coefficient (Wildman–Crippen LogP) is 5.74. The van der Waals surface area contributed by atoms with Crippen LogP contribution in [0.1, 0.15) is 54.9 Å². The molecule has 0 unspecified atom stereocenters. The molecule has 0 fully saturated rings. The van der Waals surface area contributed by atoms with E-state index in [4.69, 9.17) is 56.8 Å². The van der Waals surface area contributed by atoms with E-state index in [-0.39, 0.29) is 12.2 Å². The van der Waals surface area contributed by atoms with Gasteiger partial charge in [-0.25, -0.2) is 4.79 Å². The molecule has 340 valence electrons. The molecule has 14 nitrogen and oxygen atoms in total. The number of carbonyl (C=O) groups is 1. The molecule has 0 saturated heterocycles. The Hall–Kier alpha value is -4.77. The van der Waals surface area contributed by atoms with Crippen LogP contribution < -0.4 is 18.9 Å². The smallest absolute Gasteiger partial charge is 0.335 e. The summed E-state index contributed by atoms with van der Waals surface area (Å²) in [5, 5.41) is 10.5. The monoisotopic (exact) mass is 872 g/mol. The maximum atomic E-state index is 12.8. The van der Waals surface area contributed by atoms with Gasteiger partial charge in [-0.1, -0.05) is 30.3 Å². The quantitative estimate of drug-likeness (QED) is 0.219. The molecule has 0 atom stereocenters. The minimum absolute atomic E-state index is 0.169. The zero-order valence-electron chi connectivity index (χ0n) is 36.1. The summed E-state index contributed by atoms with van der Waals surface area (Å²) in [6.07, 6.45) is 1.82. The summed E-state index contributed by atoms with van der Waals surface area (Å²) >= 11 is 0. The summed E-state index contributed by atoms with van der Waals surface area (Å²) in [6.45, 7) is 7.85. The normalized spacial score (nSPS) is 18.7. The Kier molecular flexibility index (Phi) is 18.7. The molecule has 2 aliphatic heterocycles. The highest BCUT2D eigenvalue weighted by molar-refractivity contribution is 5.88. The second-order valence-electron chi connectivity index (χ2n) is 15.3. The number of fused-ring (bicyclic) bond motifs is 3. The Morgan fingerprint density at radius 2 is 0.635 bits per heavy atom. The lowest BCUT2D eigenvalue weighted by Crippen LogP contribution is -2.15. The molecular weight excluding hydrogens is 813 g/mol. The van der Waals surface area contributed by atoms with Crippen molar-refractivity contribution in [3.63, 3.8) is 0 Å². The van der Waals surface area contributed by atoms with E-state index in [2.05, 4.69) is 30.3 Å². The highest BCUT2D eigenvalue weighted by atomic mass is 16.6. The Bertz CT molecular complexity index is 1920. The predicted molar refractivity (Wildman–Crippen MR) is 232 cm³/mol. The largest absolute Gasteiger partial charge is 0.491 e. The molecule has 0 radical (unpaired) electrons. The number of para-hydroxylation sites is 1. The number of carboxylic acids is 1. The fourth-order valence-electron chi connectivity index (χ4n) is 7.71. The Morgan fingerprint density at radius 3 is 0.968 bits per heavy atom. The van der Waals surface area contributed by atoms with Crippen molar-refractivity contribution >= 4 is 5.97 Å². The lowest BCUT2D eigenvalue weighted by atomic mass is 9.91. The summed E-state index contributed by atoms with van der Waals surface area (Å²) in [6, 6.07) is 22.1. The van der Waals surface area contributed by atoms with Gasteiger partial charge in [-0.3, -0.25) is 0 Å². The van der Waals surface area contributed by atoms with Crippen molar-refractivity contribution in [1.82, 2.24) is 0 Å². The number of aromatic carboxylic acids is 1. The van der Waals surface area contributed by atoms with Crippen molar-refractivity contribution in [2.24, 2.45) is 0 Å². The Labute approximate surface area is 369 Å². The van der Waals surface area contributed by atoms with Gasteiger partial charge in [0.1, 0.15) is 49.4 Å². The first-order valence-corrected chi connectivity index (χ1v) is 22.0. The third kappa shape index (κ3) is 15.2. The molecule has 0 spiro atoms. The van der Waals surface area contributed by atoms with Crippen LogP contribution in [0.25, 0.3) is 0 Å². The number of hydrogen-bond acceptors (Lipinski definition) is 13. The molecular formula is C49H60O14. The number of hydrogen-bond donors (Lipinski definition) is 1. The van der Waals surface area contributed by atoms with E-state index in [0.717, 1.165) is 50.3 Å². The number of ether oxygens (including phenoxy) is 12. The van der Waals surface area contributed by atoms with E-state index < -0.39 is 5.97 Å². The molecule has 4 aromatic rings. The maximum Gasteiger partial charge on any atom is 0.335 e. The van der Waals surface area contributed by atoms with Gasteiger partial charge in [0, 0.05) is 25.7 Å². The van der Waals surface area contributed by atoms with Gasteiger partial charge in [-0.15, -0.1) is 0 Å². The molecule has 4 aromatic carbocycles. The first-order chi connectivity index (χ1) is 31.1. The maximum absolute atomic E-state index is 12.8. The first kappa shape index (κ1) is 46.2. The third-order valence-corrected chi connectivity index (χ3v) is 10.5. The molecule has 63 heavy (non-hydrogen) atoms. The molecule has 3 aliphatic rings. The lowest BCUT2D eigenvalue weighted by Gasteiger charge is -2.21. The van der Waals surface area contributed by atoms with E-state index in [1.165, 1.54) is 0 Å². The van der Waals surface area contributed by atoms with Gasteiger partial charge in [0.2, 0.25) is 0 Å². The van der Waals surface area contributed by atoms with E-state index in [1.807, 2.05) is 24.3 Å². The van der Waals surface area contributed by atoms with Gasteiger partial charge in [0.25, 0.3) is 0 Å². The van der Waals surface area contributed by atoms with Crippen LogP contribution in [0.3, 0.4) is 0 Å². The van der Waals surface area contributed by atoms with Gasteiger partial charge >= 0.3 is 5.97 Å². The molecule has 1 N–H and O–H groups in total. The average molecular weight is 873 g/mol.